The average Bonchev–Trinajstić information content (AvgIpc) is 3.07. The summed E-state index contributed by atoms with van der Waals surface area (Å²) in [5.41, 5.74) is 10.3. The van der Waals surface area contributed by atoms with Crippen molar-refractivity contribution >= 4 is 12.4 Å². The molecule has 0 aromatic heterocycles. The molecule has 0 saturated carbocycles. The lowest BCUT2D eigenvalue weighted by Crippen LogP contribution is -2.05. The van der Waals surface area contributed by atoms with Crippen LogP contribution in [0, 0.1) is 16.2 Å². The smallest absolute Gasteiger partial charge is 0.0487 e. The molecule has 0 unspecified atom stereocenters. The maximum atomic E-state index is 4.50. The van der Waals surface area contributed by atoms with Gasteiger partial charge in [-0.25, -0.2) is 0 Å². The quantitative estimate of drug-likeness (QED) is 0.191. The predicted octanol–water partition coefficient (Wildman–Crippen LogP) is 15.5. The summed E-state index contributed by atoms with van der Waals surface area (Å²) in [6, 6.07) is 0. The SMILES string of the molecule is C.C.CC.CC.CC.CC.CC.CC.CC.CC(C)(C)C.CC(C)(C)C.CC=NC.CN.CN.CN=CC(C)(C)C.CN=NC.CN=NC. The van der Waals surface area contributed by atoms with E-state index in [1.807, 2.05) is 110 Å². The topological polar surface area (TPSA) is 126 Å². The number of rotatable bonds is 0. The van der Waals surface area contributed by atoms with Gasteiger partial charge in [0.25, 0.3) is 0 Å². The molecule has 49 heavy (non-hydrogen) atoms. The Morgan fingerprint density at radius 2 is 0.449 bits per heavy atom. The molecule has 0 fully saturated rings. The maximum Gasteiger partial charge on any atom is 0.0487 e. The van der Waals surface area contributed by atoms with Gasteiger partial charge in [0.2, 0.25) is 0 Å². The van der Waals surface area contributed by atoms with E-state index < -0.39 is 0 Å². The summed E-state index contributed by atoms with van der Waals surface area (Å²) in [5, 5.41) is 13.4. The minimum atomic E-state index is 0. The fourth-order valence-electron chi connectivity index (χ4n) is 0.387. The predicted molar refractivity (Wildman–Crippen MR) is 251 cm³/mol. The Kier molecular flexibility index (Phi) is 362. The third-order valence-electron chi connectivity index (χ3n) is 1.17. The van der Waals surface area contributed by atoms with E-state index in [0.29, 0.717) is 10.8 Å². The van der Waals surface area contributed by atoms with E-state index >= 15 is 0 Å². The summed E-state index contributed by atoms with van der Waals surface area (Å²) in [4.78, 5) is 7.49. The molecule has 4 N–H and O–H groups in total. The van der Waals surface area contributed by atoms with Crippen LogP contribution in [0.15, 0.2) is 30.4 Å². The van der Waals surface area contributed by atoms with Crippen LogP contribution in [0.4, 0.5) is 0 Å². The number of nitrogens with two attached hydrogens (primary N) is 2. The van der Waals surface area contributed by atoms with Gasteiger partial charge in [-0.05, 0) is 43.5 Å². The van der Waals surface area contributed by atoms with Crippen molar-refractivity contribution in [1.82, 2.24) is 0 Å². The van der Waals surface area contributed by atoms with Gasteiger partial charge in [-0.1, -0.05) is 188 Å². The van der Waals surface area contributed by atoms with E-state index in [0.717, 1.165) is 0 Å². The second-order valence-electron chi connectivity index (χ2n) is 10.1. The number of aliphatic imine (C=N–C) groups is 2. The Hall–Kier alpha value is -1.54. The van der Waals surface area contributed by atoms with Gasteiger partial charge in [-0.3, -0.25) is 0 Å². The zero-order chi connectivity index (χ0) is 43.2. The Morgan fingerprint density at radius 1 is 0.347 bits per heavy atom. The van der Waals surface area contributed by atoms with Crippen LogP contribution in [0.5, 0.6) is 0 Å². The van der Waals surface area contributed by atoms with Crippen molar-refractivity contribution < 1.29 is 0 Å². The molecule has 0 aliphatic heterocycles. The lowest BCUT2D eigenvalue weighted by Gasteiger charge is -2.08. The summed E-state index contributed by atoms with van der Waals surface area (Å²) in [6.45, 7) is 53.8. The monoisotopic (exact) mass is 721 g/mol. The van der Waals surface area contributed by atoms with E-state index in [9.17, 15) is 0 Å². The lowest BCUT2D eigenvalue weighted by atomic mass is 9.99. The number of hydrogen-bond acceptors (Lipinski definition) is 8. The van der Waals surface area contributed by atoms with Crippen molar-refractivity contribution in [3.63, 3.8) is 0 Å². The molecule has 0 heterocycles. The minimum absolute atomic E-state index is 0. The Balaban J connectivity index is -0.0000000153. The largest absolute Gasteiger partial charge is 0.333 e. The zero-order valence-corrected chi connectivity index (χ0v) is 40.5. The van der Waals surface area contributed by atoms with Crippen molar-refractivity contribution in [3.05, 3.63) is 0 Å². The molecule has 0 spiro atoms. The molecule has 0 amide bonds. The van der Waals surface area contributed by atoms with Crippen molar-refractivity contribution in [2.75, 3.05) is 56.4 Å². The molecule has 0 aliphatic rings. The highest BCUT2D eigenvalue weighted by atomic mass is 15.0. The van der Waals surface area contributed by atoms with Crippen LogP contribution in [-0.4, -0.2) is 68.8 Å². The summed E-state index contributed by atoms with van der Waals surface area (Å²) in [5.74, 6) is 0. The first-order valence-electron chi connectivity index (χ1n) is 18.1. The van der Waals surface area contributed by atoms with Crippen molar-refractivity contribution in [2.45, 2.75) is 195 Å². The summed E-state index contributed by atoms with van der Waals surface area (Å²) in [7, 11) is 13.1. The van der Waals surface area contributed by atoms with Gasteiger partial charge in [0, 0.05) is 48.5 Å². The molecule has 0 radical (unpaired) electrons. The fraction of sp³-hybridized carbons (Fsp3) is 0.951. The van der Waals surface area contributed by atoms with Crippen LogP contribution < -0.4 is 11.5 Å². The molecule has 0 atom stereocenters. The molecule has 0 saturated heterocycles. The van der Waals surface area contributed by atoms with E-state index in [-0.39, 0.29) is 20.3 Å². The van der Waals surface area contributed by atoms with Crippen LogP contribution in [0.2, 0.25) is 0 Å². The molecule has 320 valence electrons. The van der Waals surface area contributed by atoms with Crippen molar-refractivity contribution in [2.24, 2.45) is 58.2 Å². The Bertz CT molecular complexity index is 326. The molecule has 0 aromatic rings. The zero-order valence-electron chi connectivity index (χ0n) is 40.5. The first-order valence-corrected chi connectivity index (χ1v) is 18.1. The van der Waals surface area contributed by atoms with Gasteiger partial charge in [0.15, 0.2) is 0 Å². The van der Waals surface area contributed by atoms with Gasteiger partial charge < -0.3 is 21.5 Å². The standard InChI is InChI=1S/C6H13N.2C5H12.C3H7N.2C2H6N2.7C2H6.2CH5N.2CH4/c1-6(2,3)5-7-4;2*1-5(2,3)4;3*1-3-4-2;9*1-2;;/h5H,1-4H3;2*1-4H3;3H,1-2H3;2*1-2H3;7*1-2H3;2*2H2,1H3;2*1H4. The third kappa shape index (κ3) is 3080. The maximum absolute atomic E-state index is 4.50. The number of nitrogens with zero attached hydrogens (tertiary/aromatic N) is 6. The van der Waals surface area contributed by atoms with Crippen LogP contribution >= 0.6 is 0 Å². The molecule has 0 rings (SSSR count). The molecule has 0 aliphatic carbocycles. The van der Waals surface area contributed by atoms with Crippen LogP contribution in [0.3, 0.4) is 0 Å². The van der Waals surface area contributed by atoms with Crippen LogP contribution in [0.1, 0.15) is 195 Å². The second-order valence-corrected chi connectivity index (χ2v) is 10.1. The molecule has 8 heteroatoms. The van der Waals surface area contributed by atoms with Crippen LogP contribution in [-0.2, 0) is 0 Å². The first kappa shape index (κ1) is 110. The van der Waals surface area contributed by atoms with E-state index in [1.54, 1.807) is 48.5 Å². The highest BCUT2D eigenvalue weighted by Crippen LogP contribution is 2.08. The van der Waals surface area contributed by atoms with E-state index in [1.165, 1.54) is 14.1 Å². The molecule has 0 aromatic carbocycles. The van der Waals surface area contributed by atoms with Crippen molar-refractivity contribution in [1.29, 1.82) is 0 Å². The van der Waals surface area contributed by atoms with Gasteiger partial charge in [-0.15, -0.1) is 0 Å². The van der Waals surface area contributed by atoms with E-state index in [4.69, 9.17) is 0 Å². The van der Waals surface area contributed by atoms with Gasteiger partial charge in [-0.2, -0.15) is 20.5 Å². The first-order chi connectivity index (χ1) is 21.8. The summed E-state index contributed by atoms with van der Waals surface area (Å²) in [6.07, 6.45) is 3.69. The molecular weight excluding hydrogens is 605 g/mol. The number of azo groups is 2. The summed E-state index contributed by atoms with van der Waals surface area (Å²) >= 11 is 0. The van der Waals surface area contributed by atoms with Crippen LogP contribution in [0.25, 0.3) is 0 Å². The fourth-order valence-corrected chi connectivity index (χ4v) is 0.387. The molecule has 0 bridgehead atoms. The average molecular weight is 721 g/mol. The van der Waals surface area contributed by atoms with Gasteiger partial charge in [0.1, 0.15) is 0 Å². The Labute approximate surface area is 321 Å². The molecule has 8 nitrogen and oxygen atoms in total. The Morgan fingerprint density at radius 3 is 0.449 bits per heavy atom. The number of hydrogen-bond donors (Lipinski definition) is 2. The van der Waals surface area contributed by atoms with Gasteiger partial charge in [0.05, 0.1) is 0 Å². The van der Waals surface area contributed by atoms with Gasteiger partial charge >= 0.3 is 0 Å². The second kappa shape index (κ2) is 160. The summed E-state index contributed by atoms with van der Waals surface area (Å²) < 4.78 is 0. The lowest BCUT2D eigenvalue weighted by molar-refractivity contribution is 0.469. The minimum Gasteiger partial charge on any atom is -0.333 e. The highest BCUT2D eigenvalue weighted by molar-refractivity contribution is 5.63. The third-order valence-corrected chi connectivity index (χ3v) is 1.17. The normalized spacial score (nSPS) is 7.76. The highest BCUT2D eigenvalue weighted by Gasteiger charge is 2.02. The van der Waals surface area contributed by atoms with Crippen molar-refractivity contribution in [3.8, 4) is 0 Å². The van der Waals surface area contributed by atoms with E-state index in [2.05, 4.69) is 118 Å². The molecular formula is C41H116N8.